The average Bonchev–Trinajstić information content (AvgIpc) is 3.36. The van der Waals surface area contributed by atoms with E-state index in [1.807, 2.05) is 56.3 Å². The maximum absolute atomic E-state index is 12.9. The lowest BCUT2D eigenvalue weighted by atomic mass is 10.1. The summed E-state index contributed by atoms with van der Waals surface area (Å²) in [6.45, 7) is 4.30. The van der Waals surface area contributed by atoms with Gasteiger partial charge in [-0.05, 0) is 31.2 Å². The number of nitrogens with zero attached hydrogens (tertiary/aromatic N) is 3. The van der Waals surface area contributed by atoms with Crippen LogP contribution >= 0.6 is 0 Å². The first-order valence-electron chi connectivity index (χ1n) is 9.65. The summed E-state index contributed by atoms with van der Waals surface area (Å²) in [5, 5.41) is 6.85. The first-order valence-corrected chi connectivity index (χ1v) is 9.65. The van der Waals surface area contributed by atoms with E-state index in [0.717, 1.165) is 11.3 Å². The minimum atomic E-state index is -0.425. The molecule has 0 radical (unpaired) electrons. The van der Waals surface area contributed by atoms with Gasteiger partial charge in [-0.3, -0.25) is 9.59 Å². The molecule has 1 aliphatic heterocycles. The molecule has 1 unspecified atom stereocenters. The summed E-state index contributed by atoms with van der Waals surface area (Å²) in [7, 11) is 0. The Hall–Kier alpha value is -3.48. The SMILES string of the molecule is CCc1noc(-c2ccccc2NC(=O)C2CC(=O)N(c3ccc(C)cc3)C2)n1. The second kappa shape index (κ2) is 7.87. The summed E-state index contributed by atoms with van der Waals surface area (Å²) in [5.74, 6) is 0.297. The number of para-hydroxylation sites is 1. The standard InChI is InChI=1S/C22H22N4O3/c1-3-19-24-22(29-25-19)17-6-4-5-7-18(17)23-21(28)15-12-20(27)26(13-15)16-10-8-14(2)9-11-16/h4-11,15H,3,12-13H2,1-2H3,(H,23,28). The van der Waals surface area contributed by atoms with Crippen molar-refractivity contribution in [2.24, 2.45) is 5.92 Å². The first kappa shape index (κ1) is 18.9. The molecular formula is C22H22N4O3. The normalized spacial score (nSPS) is 16.3. The molecule has 0 aliphatic carbocycles. The van der Waals surface area contributed by atoms with Crippen molar-refractivity contribution in [1.82, 2.24) is 10.1 Å². The smallest absolute Gasteiger partial charge is 0.260 e. The average molecular weight is 390 g/mol. The number of carbonyl (C=O) groups is 2. The minimum absolute atomic E-state index is 0.0493. The maximum Gasteiger partial charge on any atom is 0.260 e. The van der Waals surface area contributed by atoms with Crippen LogP contribution in [-0.2, 0) is 16.0 Å². The van der Waals surface area contributed by atoms with Crippen LogP contribution in [0.2, 0.25) is 0 Å². The number of aromatic nitrogens is 2. The van der Waals surface area contributed by atoms with Gasteiger partial charge in [0.2, 0.25) is 11.8 Å². The van der Waals surface area contributed by atoms with Gasteiger partial charge in [0.05, 0.1) is 17.2 Å². The van der Waals surface area contributed by atoms with Gasteiger partial charge in [-0.25, -0.2) is 0 Å². The molecule has 1 saturated heterocycles. The zero-order chi connectivity index (χ0) is 20.4. The number of rotatable bonds is 5. The molecule has 4 rings (SSSR count). The van der Waals surface area contributed by atoms with Gasteiger partial charge in [-0.15, -0.1) is 0 Å². The van der Waals surface area contributed by atoms with Gasteiger partial charge < -0.3 is 14.7 Å². The Kier molecular flexibility index (Phi) is 5.12. The van der Waals surface area contributed by atoms with Gasteiger partial charge in [0, 0.05) is 25.1 Å². The predicted octanol–water partition coefficient (Wildman–Crippen LogP) is 3.60. The molecule has 3 aromatic rings. The molecule has 1 aromatic heterocycles. The molecular weight excluding hydrogens is 368 g/mol. The van der Waals surface area contributed by atoms with E-state index in [0.29, 0.717) is 35.9 Å². The third-order valence-corrected chi connectivity index (χ3v) is 5.04. The number of aryl methyl sites for hydroxylation is 2. The largest absolute Gasteiger partial charge is 0.334 e. The lowest BCUT2D eigenvalue weighted by Crippen LogP contribution is -2.28. The number of nitrogens with one attached hydrogen (secondary N) is 1. The summed E-state index contributed by atoms with van der Waals surface area (Å²) in [4.78, 5) is 31.4. The maximum atomic E-state index is 12.9. The molecule has 1 atom stereocenters. The van der Waals surface area contributed by atoms with E-state index in [9.17, 15) is 9.59 Å². The topological polar surface area (TPSA) is 88.3 Å². The molecule has 148 valence electrons. The minimum Gasteiger partial charge on any atom is -0.334 e. The monoisotopic (exact) mass is 390 g/mol. The summed E-state index contributed by atoms with van der Waals surface area (Å²) >= 11 is 0. The summed E-state index contributed by atoms with van der Waals surface area (Å²) in [6, 6.07) is 15.0. The zero-order valence-corrected chi connectivity index (χ0v) is 16.4. The van der Waals surface area contributed by atoms with E-state index in [2.05, 4.69) is 15.5 Å². The highest BCUT2D eigenvalue weighted by atomic mass is 16.5. The molecule has 2 aromatic carbocycles. The number of benzene rings is 2. The van der Waals surface area contributed by atoms with Crippen molar-refractivity contribution in [3.8, 4) is 11.5 Å². The molecule has 2 heterocycles. The van der Waals surface area contributed by atoms with E-state index in [4.69, 9.17) is 4.52 Å². The number of carbonyl (C=O) groups excluding carboxylic acids is 2. The fraction of sp³-hybridized carbons (Fsp3) is 0.273. The van der Waals surface area contributed by atoms with Gasteiger partial charge in [0.15, 0.2) is 5.82 Å². The van der Waals surface area contributed by atoms with Crippen LogP contribution < -0.4 is 10.2 Å². The number of amides is 2. The van der Waals surface area contributed by atoms with E-state index in [-0.39, 0.29) is 18.2 Å². The molecule has 2 amide bonds. The highest BCUT2D eigenvalue weighted by molar-refractivity contribution is 6.04. The molecule has 7 heteroatoms. The summed E-state index contributed by atoms with van der Waals surface area (Å²) in [6.07, 6.45) is 0.847. The molecule has 0 saturated carbocycles. The Morgan fingerprint density at radius 1 is 1.21 bits per heavy atom. The van der Waals surface area contributed by atoms with E-state index < -0.39 is 5.92 Å². The van der Waals surface area contributed by atoms with Crippen molar-refractivity contribution in [1.29, 1.82) is 0 Å². The Balaban J connectivity index is 1.50. The van der Waals surface area contributed by atoms with Crippen molar-refractivity contribution in [3.63, 3.8) is 0 Å². The summed E-state index contributed by atoms with van der Waals surface area (Å²) < 4.78 is 5.32. The molecule has 1 aliphatic rings. The van der Waals surface area contributed by atoms with Crippen LogP contribution in [0.3, 0.4) is 0 Å². The van der Waals surface area contributed by atoms with Crippen LogP contribution in [0.15, 0.2) is 53.1 Å². The highest BCUT2D eigenvalue weighted by Gasteiger charge is 2.35. The van der Waals surface area contributed by atoms with Crippen LogP contribution in [0.1, 0.15) is 24.7 Å². The fourth-order valence-electron chi connectivity index (χ4n) is 3.38. The van der Waals surface area contributed by atoms with Crippen LogP contribution in [0.5, 0.6) is 0 Å². The molecule has 0 spiro atoms. The Morgan fingerprint density at radius 2 is 1.97 bits per heavy atom. The Morgan fingerprint density at radius 3 is 2.69 bits per heavy atom. The number of anilines is 2. The lowest BCUT2D eigenvalue weighted by molar-refractivity contribution is -0.122. The van der Waals surface area contributed by atoms with Gasteiger partial charge in [0.25, 0.3) is 5.89 Å². The molecule has 29 heavy (non-hydrogen) atoms. The van der Waals surface area contributed by atoms with Crippen LogP contribution in [-0.4, -0.2) is 28.5 Å². The lowest BCUT2D eigenvalue weighted by Gasteiger charge is -2.17. The van der Waals surface area contributed by atoms with Crippen molar-refractivity contribution in [3.05, 3.63) is 59.9 Å². The van der Waals surface area contributed by atoms with Crippen molar-refractivity contribution in [2.75, 3.05) is 16.8 Å². The zero-order valence-electron chi connectivity index (χ0n) is 16.4. The van der Waals surface area contributed by atoms with Gasteiger partial charge in [0.1, 0.15) is 0 Å². The number of hydrogen-bond donors (Lipinski definition) is 1. The Labute approximate surface area is 168 Å². The second-order valence-electron chi connectivity index (χ2n) is 7.15. The predicted molar refractivity (Wildman–Crippen MR) is 109 cm³/mol. The molecule has 1 fully saturated rings. The van der Waals surface area contributed by atoms with Crippen LogP contribution in [0, 0.1) is 12.8 Å². The molecule has 1 N–H and O–H groups in total. The molecule has 7 nitrogen and oxygen atoms in total. The van der Waals surface area contributed by atoms with E-state index in [1.54, 1.807) is 11.0 Å². The van der Waals surface area contributed by atoms with Crippen molar-refractivity contribution in [2.45, 2.75) is 26.7 Å². The van der Waals surface area contributed by atoms with E-state index in [1.165, 1.54) is 0 Å². The Bertz CT molecular complexity index is 1040. The van der Waals surface area contributed by atoms with Gasteiger partial charge in [-0.2, -0.15) is 4.98 Å². The first-order chi connectivity index (χ1) is 14.0. The third-order valence-electron chi connectivity index (χ3n) is 5.04. The quantitative estimate of drug-likeness (QED) is 0.719. The van der Waals surface area contributed by atoms with Gasteiger partial charge in [-0.1, -0.05) is 41.9 Å². The van der Waals surface area contributed by atoms with Crippen LogP contribution in [0.25, 0.3) is 11.5 Å². The van der Waals surface area contributed by atoms with Gasteiger partial charge >= 0.3 is 0 Å². The number of hydrogen-bond acceptors (Lipinski definition) is 5. The van der Waals surface area contributed by atoms with Crippen molar-refractivity contribution >= 4 is 23.2 Å². The van der Waals surface area contributed by atoms with E-state index >= 15 is 0 Å². The third kappa shape index (κ3) is 3.89. The fourth-order valence-corrected chi connectivity index (χ4v) is 3.38. The second-order valence-corrected chi connectivity index (χ2v) is 7.15. The highest BCUT2D eigenvalue weighted by Crippen LogP contribution is 2.29. The summed E-state index contributed by atoms with van der Waals surface area (Å²) in [5.41, 5.74) is 3.19. The van der Waals surface area contributed by atoms with Crippen molar-refractivity contribution < 1.29 is 14.1 Å². The van der Waals surface area contributed by atoms with Crippen LogP contribution in [0.4, 0.5) is 11.4 Å². The molecule has 0 bridgehead atoms.